The molecular formula is C30H34N4O. The van der Waals surface area contributed by atoms with E-state index in [9.17, 15) is 4.79 Å². The smallest absolute Gasteiger partial charge is 0.248 e. The fraction of sp³-hybridized carbons (Fsp3) is 0.300. The molecule has 1 amide bonds. The lowest BCUT2D eigenvalue weighted by Gasteiger charge is -2.37. The lowest BCUT2D eigenvalue weighted by Crippen LogP contribution is -2.25. The highest BCUT2D eigenvalue weighted by Gasteiger charge is 2.32. The van der Waals surface area contributed by atoms with E-state index in [1.165, 1.54) is 17.2 Å². The van der Waals surface area contributed by atoms with Crippen molar-refractivity contribution in [1.82, 2.24) is 9.55 Å². The van der Waals surface area contributed by atoms with E-state index in [0.29, 0.717) is 17.3 Å². The number of anilines is 1. The van der Waals surface area contributed by atoms with Gasteiger partial charge in [-0.25, -0.2) is 4.98 Å². The van der Waals surface area contributed by atoms with E-state index in [0.717, 1.165) is 24.0 Å². The number of carbonyl (C=O) groups is 1. The Bertz CT molecular complexity index is 1250. The number of nitriles is 1. The van der Waals surface area contributed by atoms with Gasteiger partial charge in [0, 0.05) is 18.5 Å². The normalized spacial score (nSPS) is 18.8. The third-order valence-electron chi connectivity index (χ3n) is 6.48. The van der Waals surface area contributed by atoms with Crippen LogP contribution in [0.3, 0.4) is 0 Å². The summed E-state index contributed by atoms with van der Waals surface area (Å²) in [6.07, 6.45) is 19.9. The van der Waals surface area contributed by atoms with E-state index in [1.54, 1.807) is 24.3 Å². The van der Waals surface area contributed by atoms with E-state index >= 15 is 0 Å². The maximum Gasteiger partial charge on any atom is 0.248 e. The Morgan fingerprint density at radius 2 is 2.00 bits per heavy atom. The van der Waals surface area contributed by atoms with E-state index in [-0.39, 0.29) is 11.3 Å². The molecule has 0 spiro atoms. The fourth-order valence-electron chi connectivity index (χ4n) is 4.48. The monoisotopic (exact) mass is 466 g/mol. The van der Waals surface area contributed by atoms with Gasteiger partial charge in [-0.1, -0.05) is 61.9 Å². The van der Waals surface area contributed by atoms with Crippen molar-refractivity contribution in [3.05, 3.63) is 107 Å². The van der Waals surface area contributed by atoms with Gasteiger partial charge in [0.2, 0.25) is 5.91 Å². The van der Waals surface area contributed by atoms with Crippen LogP contribution in [0.1, 0.15) is 59.1 Å². The van der Waals surface area contributed by atoms with Gasteiger partial charge < -0.3 is 9.88 Å². The first-order valence-electron chi connectivity index (χ1n) is 11.9. The molecule has 1 aromatic carbocycles. The number of aromatic nitrogens is 2. The van der Waals surface area contributed by atoms with Crippen molar-refractivity contribution in [1.29, 1.82) is 5.26 Å². The Morgan fingerprint density at radius 1 is 1.23 bits per heavy atom. The number of benzene rings is 1. The van der Waals surface area contributed by atoms with Gasteiger partial charge in [-0.15, -0.1) is 0 Å². The first-order chi connectivity index (χ1) is 16.7. The van der Waals surface area contributed by atoms with Gasteiger partial charge in [-0.3, -0.25) is 4.79 Å². The Hall–Kier alpha value is -3.91. The van der Waals surface area contributed by atoms with E-state index in [1.807, 2.05) is 43.9 Å². The van der Waals surface area contributed by atoms with Crippen molar-refractivity contribution in [3.63, 3.8) is 0 Å². The lowest BCUT2D eigenvalue weighted by atomic mass is 9.71. The van der Waals surface area contributed by atoms with Crippen LogP contribution in [0.4, 0.5) is 5.69 Å². The summed E-state index contributed by atoms with van der Waals surface area (Å²) >= 11 is 0. The molecule has 0 bridgehead atoms. The molecule has 1 aromatic heterocycles. The summed E-state index contributed by atoms with van der Waals surface area (Å²) in [5.41, 5.74) is 5.80. The molecule has 2 aromatic rings. The third-order valence-corrected chi connectivity index (χ3v) is 6.48. The minimum absolute atomic E-state index is 0.130. The van der Waals surface area contributed by atoms with Crippen LogP contribution in [-0.2, 0) is 4.79 Å². The lowest BCUT2D eigenvalue weighted by molar-refractivity contribution is -0.111. The third kappa shape index (κ3) is 6.80. The molecule has 0 fully saturated rings. The molecule has 0 saturated heterocycles. The SMILES string of the molecule is CC(C=CC1=C(C)C(n2ccnc2)CCC1(C)C)=CC=CC(C)=CC(=O)Nc1ccccc1C#N. The number of para-hydroxylation sites is 1. The average Bonchev–Trinajstić information content (AvgIpc) is 3.33. The Labute approximate surface area is 208 Å². The molecule has 3 rings (SSSR count). The zero-order chi connectivity index (χ0) is 25.4. The summed E-state index contributed by atoms with van der Waals surface area (Å²) in [6, 6.07) is 9.39. The second-order valence-corrected chi connectivity index (χ2v) is 9.68. The van der Waals surface area contributed by atoms with Crippen molar-refractivity contribution in [3.8, 4) is 6.07 Å². The quantitative estimate of drug-likeness (QED) is 0.350. The predicted molar refractivity (Wildman–Crippen MR) is 143 cm³/mol. The van der Waals surface area contributed by atoms with Crippen molar-refractivity contribution in [2.75, 3.05) is 5.32 Å². The summed E-state index contributed by atoms with van der Waals surface area (Å²) in [5, 5.41) is 11.9. The van der Waals surface area contributed by atoms with Crippen LogP contribution < -0.4 is 5.32 Å². The number of imidazole rings is 1. The number of nitrogens with one attached hydrogen (secondary N) is 1. The average molecular weight is 467 g/mol. The number of nitrogens with zero attached hydrogens (tertiary/aromatic N) is 3. The number of allylic oxidation sites excluding steroid dienone is 9. The Balaban J connectivity index is 1.67. The molecule has 35 heavy (non-hydrogen) atoms. The van der Waals surface area contributed by atoms with Crippen molar-refractivity contribution in [2.45, 2.75) is 53.5 Å². The highest BCUT2D eigenvalue weighted by Crippen LogP contribution is 2.45. The molecule has 1 N–H and O–H groups in total. The van der Waals surface area contributed by atoms with Gasteiger partial charge in [0.1, 0.15) is 6.07 Å². The van der Waals surface area contributed by atoms with Gasteiger partial charge in [-0.05, 0) is 67.9 Å². The minimum atomic E-state index is -0.259. The highest BCUT2D eigenvalue weighted by atomic mass is 16.1. The standard InChI is InChI=1S/C30H34N4O/c1-22(9-8-10-23(2)19-29(35)33-27-12-7-6-11-25(27)20-31)13-14-26-24(3)28(15-16-30(26,4)5)34-18-17-32-21-34/h6-14,17-19,21,28H,15-16H2,1-5H3,(H,33,35). The van der Waals surface area contributed by atoms with Crippen LogP contribution in [0.15, 0.2) is 102 Å². The zero-order valence-electron chi connectivity index (χ0n) is 21.2. The fourth-order valence-corrected chi connectivity index (χ4v) is 4.48. The van der Waals surface area contributed by atoms with Crippen LogP contribution in [0.25, 0.3) is 0 Å². The van der Waals surface area contributed by atoms with Gasteiger partial charge in [0.05, 0.1) is 23.6 Å². The molecule has 0 saturated carbocycles. The highest BCUT2D eigenvalue weighted by molar-refractivity contribution is 6.00. The van der Waals surface area contributed by atoms with Gasteiger partial charge >= 0.3 is 0 Å². The Morgan fingerprint density at radius 3 is 2.71 bits per heavy atom. The van der Waals surface area contributed by atoms with Crippen LogP contribution in [-0.4, -0.2) is 15.5 Å². The number of carbonyl (C=O) groups excluding carboxylic acids is 1. The molecule has 1 atom stereocenters. The summed E-state index contributed by atoms with van der Waals surface area (Å²) in [4.78, 5) is 16.5. The minimum Gasteiger partial charge on any atom is -0.330 e. The summed E-state index contributed by atoms with van der Waals surface area (Å²) in [7, 11) is 0. The summed E-state index contributed by atoms with van der Waals surface area (Å²) < 4.78 is 2.20. The molecule has 1 aliphatic rings. The van der Waals surface area contributed by atoms with Crippen LogP contribution in [0.2, 0.25) is 0 Å². The van der Waals surface area contributed by atoms with Crippen molar-refractivity contribution in [2.24, 2.45) is 5.41 Å². The molecule has 1 unspecified atom stereocenters. The number of amides is 1. The molecule has 0 aliphatic heterocycles. The maximum atomic E-state index is 12.3. The number of hydrogen-bond acceptors (Lipinski definition) is 3. The molecule has 180 valence electrons. The maximum absolute atomic E-state index is 12.3. The van der Waals surface area contributed by atoms with Gasteiger partial charge in [-0.2, -0.15) is 5.26 Å². The topological polar surface area (TPSA) is 70.7 Å². The zero-order valence-corrected chi connectivity index (χ0v) is 21.2. The van der Waals surface area contributed by atoms with Crippen molar-refractivity contribution < 1.29 is 4.79 Å². The second-order valence-electron chi connectivity index (χ2n) is 9.68. The van der Waals surface area contributed by atoms with Gasteiger partial charge in [0.15, 0.2) is 0 Å². The van der Waals surface area contributed by atoms with Crippen LogP contribution >= 0.6 is 0 Å². The van der Waals surface area contributed by atoms with Crippen molar-refractivity contribution >= 4 is 11.6 Å². The first kappa shape index (κ1) is 25.7. The second kappa shape index (κ2) is 11.5. The number of rotatable bonds is 7. The van der Waals surface area contributed by atoms with Gasteiger partial charge in [0.25, 0.3) is 0 Å². The van der Waals surface area contributed by atoms with E-state index in [2.05, 4.69) is 60.8 Å². The van der Waals surface area contributed by atoms with Crippen LogP contribution in [0.5, 0.6) is 0 Å². The summed E-state index contributed by atoms with van der Waals surface area (Å²) in [5.74, 6) is -0.259. The molecule has 0 radical (unpaired) electrons. The number of hydrogen-bond donors (Lipinski definition) is 1. The molecular weight excluding hydrogens is 432 g/mol. The molecule has 5 heteroatoms. The molecule has 1 heterocycles. The Kier molecular flexibility index (Phi) is 8.43. The molecule has 5 nitrogen and oxygen atoms in total. The largest absolute Gasteiger partial charge is 0.330 e. The first-order valence-corrected chi connectivity index (χ1v) is 11.9. The van der Waals surface area contributed by atoms with E-state index in [4.69, 9.17) is 5.26 Å². The van der Waals surface area contributed by atoms with Crippen LogP contribution in [0, 0.1) is 16.7 Å². The molecule has 1 aliphatic carbocycles. The predicted octanol–water partition coefficient (Wildman–Crippen LogP) is 7.08. The van der Waals surface area contributed by atoms with E-state index < -0.39 is 0 Å². The summed E-state index contributed by atoms with van der Waals surface area (Å²) in [6.45, 7) is 10.8.